The molecular weight excluding hydrogens is 480 g/mol. The largest absolute Gasteiger partial charge is 4.00 e. The molecular formula is C36H44Ti. The van der Waals surface area contributed by atoms with Gasteiger partial charge in [-0.05, 0) is 5.92 Å². The second-order valence-electron chi connectivity index (χ2n) is 9.57. The first kappa shape index (κ1) is 34.2. The molecule has 0 bridgehead atoms. The fraction of sp³-hybridized carbons (Fsp3) is 0.250. The molecule has 0 aromatic heterocycles. The van der Waals surface area contributed by atoms with E-state index in [0.29, 0.717) is 5.92 Å². The van der Waals surface area contributed by atoms with Crippen LogP contribution in [0.5, 0.6) is 0 Å². The van der Waals surface area contributed by atoms with Gasteiger partial charge in [0, 0.05) is 0 Å². The van der Waals surface area contributed by atoms with Crippen molar-refractivity contribution in [3.63, 3.8) is 0 Å². The first-order valence-electron chi connectivity index (χ1n) is 12.8. The van der Waals surface area contributed by atoms with E-state index >= 15 is 0 Å². The Kier molecular flexibility index (Phi) is 18.8. The molecule has 4 aromatic rings. The first-order valence-corrected chi connectivity index (χ1v) is 12.8. The zero-order valence-electron chi connectivity index (χ0n) is 24.0. The van der Waals surface area contributed by atoms with Crippen LogP contribution in [0.2, 0.25) is 0 Å². The van der Waals surface area contributed by atoms with E-state index in [2.05, 4.69) is 140 Å². The average molecular weight is 525 g/mol. The second-order valence-corrected chi connectivity index (χ2v) is 9.57. The molecule has 0 unspecified atom stereocenters. The van der Waals surface area contributed by atoms with E-state index in [1.807, 2.05) is 36.4 Å². The van der Waals surface area contributed by atoms with Gasteiger partial charge in [-0.2, -0.15) is 107 Å². The summed E-state index contributed by atoms with van der Waals surface area (Å²) in [6.45, 7) is 17.1. The van der Waals surface area contributed by atoms with Crippen LogP contribution in [0.25, 0.3) is 0 Å². The third-order valence-electron chi connectivity index (χ3n) is 5.41. The van der Waals surface area contributed by atoms with E-state index in [-0.39, 0.29) is 21.7 Å². The average Bonchev–Trinajstić information content (AvgIpc) is 2.92. The van der Waals surface area contributed by atoms with Crippen molar-refractivity contribution in [1.29, 1.82) is 0 Å². The summed E-state index contributed by atoms with van der Waals surface area (Å²) in [6.07, 6.45) is 0. The summed E-state index contributed by atoms with van der Waals surface area (Å²) in [4.78, 5) is 0. The smallest absolute Gasteiger partial charge is 0.189 e. The Labute approximate surface area is 243 Å². The van der Waals surface area contributed by atoms with Gasteiger partial charge in [-0.25, -0.2) is 0 Å². The minimum atomic E-state index is 0. The Balaban J connectivity index is 0.000000463. The van der Waals surface area contributed by atoms with Crippen LogP contribution in [-0.2, 0) is 21.7 Å². The van der Waals surface area contributed by atoms with Crippen LogP contribution >= 0.6 is 0 Å². The normalized spacial score (nSPS) is 9.11. The number of hydrogen-bond donors (Lipinski definition) is 0. The third kappa shape index (κ3) is 15.8. The Hall–Kier alpha value is -2.80. The summed E-state index contributed by atoms with van der Waals surface area (Å²) < 4.78 is 0. The molecule has 0 saturated heterocycles. The van der Waals surface area contributed by atoms with Crippen molar-refractivity contribution in [3.8, 4) is 0 Å². The minimum absolute atomic E-state index is 0. The number of rotatable bonds is 4. The molecule has 192 valence electrons. The van der Waals surface area contributed by atoms with E-state index in [0.717, 1.165) is 0 Å². The molecule has 0 aliphatic heterocycles. The summed E-state index contributed by atoms with van der Waals surface area (Å²) in [5.74, 6) is 4.72. The maximum atomic E-state index is 3.17. The molecule has 0 N–H and O–H groups in total. The second kappa shape index (κ2) is 20.3. The predicted octanol–water partition coefficient (Wildman–Crippen LogP) is 10.6. The van der Waals surface area contributed by atoms with E-state index in [1.54, 1.807) is 0 Å². The van der Waals surface area contributed by atoms with Gasteiger partial charge in [0.1, 0.15) is 0 Å². The van der Waals surface area contributed by atoms with Crippen molar-refractivity contribution in [2.75, 3.05) is 0 Å². The Morgan fingerprint density at radius 2 is 0.757 bits per heavy atom. The molecule has 0 saturated carbocycles. The van der Waals surface area contributed by atoms with Gasteiger partial charge in [-0.15, -0.1) is 36.4 Å². The molecule has 0 spiro atoms. The number of benzene rings is 4. The molecule has 1 heteroatoms. The molecule has 0 heterocycles. The zero-order valence-corrected chi connectivity index (χ0v) is 25.6. The van der Waals surface area contributed by atoms with E-state index in [9.17, 15) is 0 Å². The van der Waals surface area contributed by atoms with Gasteiger partial charge in [0.15, 0.2) is 0 Å². The van der Waals surface area contributed by atoms with Gasteiger partial charge < -0.3 is 0 Å². The molecule has 0 aliphatic carbocycles. The van der Waals surface area contributed by atoms with Crippen molar-refractivity contribution >= 4 is 0 Å². The van der Waals surface area contributed by atoms with Crippen LogP contribution < -0.4 is 0 Å². The molecule has 4 rings (SSSR count). The Bertz CT molecular complexity index is 831. The topological polar surface area (TPSA) is 0 Å². The predicted molar refractivity (Wildman–Crippen MR) is 160 cm³/mol. The van der Waals surface area contributed by atoms with Crippen molar-refractivity contribution < 1.29 is 21.7 Å². The summed E-state index contributed by atoms with van der Waals surface area (Å²) in [6, 6.07) is 42.4. The minimum Gasteiger partial charge on any atom is -0.189 e. The van der Waals surface area contributed by atoms with Crippen molar-refractivity contribution in [3.05, 3.63) is 161 Å². The van der Waals surface area contributed by atoms with Crippen LogP contribution in [0.3, 0.4) is 0 Å². The maximum Gasteiger partial charge on any atom is 4.00 e. The van der Waals surface area contributed by atoms with Gasteiger partial charge >= 0.3 is 21.7 Å². The summed E-state index contributed by atoms with van der Waals surface area (Å²) in [5.41, 5.74) is 5.28. The standard InChI is InChI=1S/4C9H11.Ti/c4*1-8(2)9-6-4-3-5-7-9;/h3-6,8H,1-2H3;3*3-7H,1-2H3;/q4*-1;+4. The quantitative estimate of drug-likeness (QED) is 0.184. The van der Waals surface area contributed by atoms with Crippen LogP contribution in [0.4, 0.5) is 0 Å². The molecule has 4 aromatic carbocycles. The summed E-state index contributed by atoms with van der Waals surface area (Å²) >= 11 is 0. The van der Waals surface area contributed by atoms with E-state index in [4.69, 9.17) is 0 Å². The first-order chi connectivity index (χ1) is 17.2. The van der Waals surface area contributed by atoms with Crippen molar-refractivity contribution in [2.24, 2.45) is 0 Å². The third-order valence-corrected chi connectivity index (χ3v) is 5.41. The SMILES string of the molecule is CC(C)c1[c-]cccc1.C[C-](C)c1ccccc1.C[C-](C)c1ccccc1.C[C-](C)c1ccccc1.[Ti+4]. The maximum absolute atomic E-state index is 3.17. The molecule has 0 nitrogen and oxygen atoms in total. The molecule has 0 radical (unpaired) electrons. The van der Waals surface area contributed by atoms with E-state index in [1.165, 1.54) is 40.0 Å². The molecule has 37 heavy (non-hydrogen) atoms. The fourth-order valence-electron chi connectivity index (χ4n) is 3.08. The van der Waals surface area contributed by atoms with Crippen LogP contribution in [0, 0.1) is 23.8 Å². The van der Waals surface area contributed by atoms with Gasteiger partial charge in [0.05, 0.1) is 0 Å². The number of hydrogen-bond acceptors (Lipinski definition) is 0. The van der Waals surface area contributed by atoms with Crippen molar-refractivity contribution in [2.45, 2.75) is 61.3 Å². The fourth-order valence-corrected chi connectivity index (χ4v) is 3.08. The molecule has 0 aliphatic rings. The summed E-state index contributed by atoms with van der Waals surface area (Å²) in [7, 11) is 0. The molecule has 0 amide bonds. The molecule has 0 atom stereocenters. The summed E-state index contributed by atoms with van der Waals surface area (Å²) in [5, 5.41) is 0. The van der Waals surface area contributed by atoms with Crippen LogP contribution in [0.15, 0.2) is 115 Å². The Morgan fingerprint density at radius 3 is 0.919 bits per heavy atom. The Morgan fingerprint density at radius 1 is 0.459 bits per heavy atom. The van der Waals surface area contributed by atoms with Crippen molar-refractivity contribution in [1.82, 2.24) is 0 Å². The van der Waals surface area contributed by atoms with Gasteiger partial charge in [-0.3, -0.25) is 0 Å². The van der Waals surface area contributed by atoms with E-state index < -0.39 is 0 Å². The van der Waals surface area contributed by atoms with Gasteiger partial charge in [0.2, 0.25) is 0 Å². The van der Waals surface area contributed by atoms with Gasteiger partial charge in [-0.1, -0.05) is 73.6 Å². The molecule has 0 fully saturated rings. The zero-order chi connectivity index (χ0) is 26.8. The van der Waals surface area contributed by atoms with Crippen LogP contribution in [0.1, 0.15) is 83.6 Å². The van der Waals surface area contributed by atoms with Crippen LogP contribution in [-0.4, -0.2) is 0 Å². The monoisotopic (exact) mass is 524 g/mol. The van der Waals surface area contributed by atoms with Gasteiger partial charge in [0.25, 0.3) is 0 Å².